The molecular formula is C16H27N3O3. The molecule has 22 heavy (non-hydrogen) atoms. The summed E-state index contributed by atoms with van der Waals surface area (Å²) >= 11 is 0. The fraction of sp³-hybridized carbons (Fsp3) is 0.750. The Hall–Kier alpha value is -1.72. The van der Waals surface area contributed by atoms with Gasteiger partial charge in [0.05, 0.1) is 0 Å². The molecule has 0 aromatic heterocycles. The van der Waals surface area contributed by atoms with Crippen LogP contribution in [0.5, 0.6) is 0 Å². The summed E-state index contributed by atoms with van der Waals surface area (Å²) < 4.78 is 5.35. The highest BCUT2D eigenvalue weighted by molar-refractivity contribution is 5.76. The van der Waals surface area contributed by atoms with Gasteiger partial charge in [-0.3, -0.25) is 0 Å². The second kappa shape index (κ2) is 7.03. The lowest BCUT2D eigenvalue weighted by molar-refractivity contribution is 0.0171. The normalized spacial score (nSPS) is 19.1. The van der Waals surface area contributed by atoms with Crippen molar-refractivity contribution in [2.24, 2.45) is 0 Å². The smallest absolute Gasteiger partial charge is 0.410 e. The van der Waals surface area contributed by atoms with Crippen molar-refractivity contribution >= 4 is 12.1 Å². The number of allylic oxidation sites excluding steroid dienone is 1. The molecule has 0 bridgehead atoms. The number of urea groups is 1. The summed E-state index contributed by atoms with van der Waals surface area (Å²) in [6.45, 7) is 7.65. The number of nitrogens with one attached hydrogen (secondary N) is 1. The molecule has 0 radical (unpaired) electrons. The molecule has 1 N–H and O–H groups in total. The van der Waals surface area contributed by atoms with Crippen molar-refractivity contribution in [3.8, 4) is 0 Å². The van der Waals surface area contributed by atoms with Gasteiger partial charge >= 0.3 is 12.1 Å². The van der Waals surface area contributed by atoms with Gasteiger partial charge in [0.2, 0.25) is 0 Å². The predicted molar refractivity (Wildman–Crippen MR) is 84.5 cm³/mol. The molecule has 0 aromatic rings. The molecule has 1 saturated heterocycles. The summed E-state index contributed by atoms with van der Waals surface area (Å²) in [4.78, 5) is 27.5. The maximum absolute atomic E-state index is 12.1. The molecule has 2 aliphatic rings. The lowest BCUT2D eigenvalue weighted by Gasteiger charge is -2.35. The van der Waals surface area contributed by atoms with Crippen LogP contribution >= 0.6 is 0 Å². The average Bonchev–Trinajstić information content (AvgIpc) is 2.96. The van der Waals surface area contributed by atoms with E-state index in [9.17, 15) is 9.59 Å². The van der Waals surface area contributed by atoms with E-state index in [1.165, 1.54) is 18.4 Å². The number of carbonyl (C=O) groups is 2. The zero-order valence-corrected chi connectivity index (χ0v) is 13.9. The highest BCUT2D eigenvalue weighted by Gasteiger charge is 2.27. The molecule has 0 unspecified atom stereocenters. The Balaban J connectivity index is 1.75. The molecule has 1 saturated carbocycles. The number of nitrogens with zero attached hydrogens (tertiary/aromatic N) is 2. The van der Waals surface area contributed by atoms with Gasteiger partial charge < -0.3 is 19.9 Å². The summed E-state index contributed by atoms with van der Waals surface area (Å²) in [6.07, 6.45) is 6.17. The molecule has 0 spiro atoms. The molecule has 6 heteroatoms. The van der Waals surface area contributed by atoms with E-state index in [1.54, 1.807) is 9.80 Å². The summed E-state index contributed by atoms with van der Waals surface area (Å²) in [7, 11) is 0. The number of amides is 3. The minimum absolute atomic E-state index is 0.0803. The standard InChI is InChI=1S/C16H27N3O3/c1-16(2,3)22-15(21)19-10-8-18(9-11-19)14(20)17-12-13-6-4-5-7-13/h12H,4-11H2,1-3H3,(H,17,20). The first-order chi connectivity index (χ1) is 10.3. The quantitative estimate of drug-likeness (QED) is 0.810. The van der Waals surface area contributed by atoms with E-state index in [0.717, 1.165) is 12.8 Å². The molecule has 2 rings (SSSR count). The SMILES string of the molecule is CC(C)(C)OC(=O)N1CCN(C(=O)NC=C2CCCC2)CC1. The lowest BCUT2D eigenvalue weighted by Crippen LogP contribution is -2.53. The Labute approximate surface area is 132 Å². The van der Waals surface area contributed by atoms with Gasteiger partial charge in [-0.15, -0.1) is 0 Å². The van der Waals surface area contributed by atoms with E-state index < -0.39 is 5.60 Å². The van der Waals surface area contributed by atoms with Crippen LogP contribution in [0.25, 0.3) is 0 Å². The van der Waals surface area contributed by atoms with Gasteiger partial charge in [-0.2, -0.15) is 0 Å². The molecule has 6 nitrogen and oxygen atoms in total. The third kappa shape index (κ3) is 4.93. The van der Waals surface area contributed by atoms with Crippen LogP contribution in [0.2, 0.25) is 0 Å². The summed E-state index contributed by atoms with van der Waals surface area (Å²) in [5.41, 5.74) is 0.833. The number of rotatable bonds is 1. The summed E-state index contributed by atoms with van der Waals surface area (Å²) in [5.74, 6) is 0. The van der Waals surface area contributed by atoms with Crippen LogP contribution in [0.15, 0.2) is 11.8 Å². The molecule has 0 aromatic carbocycles. The van der Waals surface area contributed by atoms with Gasteiger partial charge in [-0.1, -0.05) is 5.57 Å². The first-order valence-corrected chi connectivity index (χ1v) is 8.06. The van der Waals surface area contributed by atoms with E-state index in [4.69, 9.17) is 4.74 Å². The second-order valence-electron chi connectivity index (χ2n) is 6.91. The number of ether oxygens (including phenoxy) is 1. The largest absolute Gasteiger partial charge is 0.444 e. The highest BCUT2D eigenvalue weighted by Crippen LogP contribution is 2.22. The van der Waals surface area contributed by atoms with Gasteiger partial charge in [0.15, 0.2) is 0 Å². The average molecular weight is 309 g/mol. The van der Waals surface area contributed by atoms with E-state index in [1.807, 2.05) is 27.0 Å². The second-order valence-corrected chi connectivity index (χ2v) is 6.91. The minimum Gasteiger partial charge on any atom is -0.444 e. The lowest BCUT2D eigenvalue weighted by atomic mass is 10.2. The maximum atomic E-state index is 12.1. The first kappa shape index (κ1) is 16.6. The van der Waals surface area contributed by atoms with Crippen molar-refractivity contribution < 1.29 is 14.3 Å². The van der Waals surface area contributed by atoms with Crippen molar-refractivity contribution in [1.29, 1.82) is 0 Å². The monoisotopic (exact) mass is 309 g/mol. The molecule has 124 valence electrons. The summed E-state index contributed by atoms with van der Waals surface area (Å²) in [5, 5.41) is 2.87. The highest BCUT2D eigenvalue weighted by atomic mass is 16.6. The van der Waals surface area contributed by atoms with E-state index in [0.29, 0.717) is 26.2 Å². The van der Waals surface area contributed by atoms with Crippen LogP contribution in [0.3, 0.4) is 0 Å². The molecule has 0 atom stereocenters. The molecule has 2 fully saturated rings. The molecule has 1 aliphatic carbocycles. The first-order valence-electron chi connectivity index (χ1n) is 8.06. The fourth-order valence-electron chi connectivity index (χ4n) is 2.65. The van der Waals surface area contributed by atoms with E-state index in [2.05, 4.69) is 5.32 Å². The molecule has 1 aliphatic heterocycles. The number of hydrogen-bond acceptors (Lipinski definition) is 3. The van der Waals surface area contributed by atoms with Crippen molar-refractivity contribution in [2.75, 3.05) is 26.2 Å². The Bertz CT molecular complexity index is 438. The number of carbonyl (C=O) groups excluding carboxylic acids is 2. The Kier molecular flexibility index (Phi) is 5.32. The zero-order chi connectivity index (χ0) is 16.2. The van der Waals surface area contributed by atoms with Crippen molar-refractivity contribution in [3.05, 3.63) is 11.8 Å². The van der Waals surface area contributed by atoms with E-state index >= 15 is 0 Å². The van der Waals surface area contributed by atoms with Crippen LogP contribution in [0, 0.1) is 0 Å². The van der Waals surface area contributed by atoms with Gasteiger partial charge in [-0.05, 0) is 46.5 Å². The molecule has 3 amide bonds. The van der Waals surface area contributed by atoms with Crippen molar-refractivity contribution in [1.82, 2.24) is 15.1 Å². The topological polar surface area (TPSA) is 61.9 Å². The summed E-state index contributed by atoms with van der Waals surface area (Å²) in [6, 6.07) is -0.0803. The Morgan fingerprint density at radius 1 is 1.05 bits per heavy atom. The van der Waals surface area contributed by atoms with Gasteiger partial charge in [0.25, 0.3) is 0 Å². The Morgan fingerprint density at radius 2 is 1.59 bits per heavy atom. The van der Waals surface area contributed by atoms with Crippen LogP contribution in [0.1, 0.15) is 46.5 Å². The van der Waals surface area contributed by atoms with Crippen molar-refractivity contribution in [3.63, 3.8) is 0 Å². The Morgan fingerprint density at radius 3 is 2.14 bits per heavy atom. The number of hydrogen-bond donors (Lipinski definition) is 1. The zero-order valence-electron chi connectivity index (χ0n) is 13.9. The van der Waals surface area contributed by atoms with Crippen LogP contribution in [-0.2, 0) is 4.74 Å². The molecule has 1 heterocycles. The van der Waals surface area contributed by atoms with E-state index in [-0.39, 0.29) is 12.1 Å². The minimum atomic E-state index is -0.487. The van der Waals surface area contributed by atoms with Gasteiger partial charge in [0.1, 0.15) is 5.60 Å². The maximum Gasteiger partial charge on any atom is 0.410 e. The van der Waals surface area contributed by atoms with Crippen LogP contribution < -0.4 is 5.32 Å². The van der Waals surface area contributed by atoms with Gasteiger partial charge in [-0.25, -0.2) is 9.59 Å². The van der Waals surface area contributed by atoms with Crippen LogP contribution in [-0.4, -0.2) is 53.7 Å². The molecular weight excluding hydrogens is 282 g/mol. The van der Waals surface area contributed by atoms with Crippen molar-refractivity contribution in [2.45, 2.75) is 52.1 Å². The fourth-order valence-corrected chi connectivity index (χ4v) is 2.65. The number of piperazine rings is 1. The predicted octanol–water partition coefficient (Wildman–Crippen LogP) is 2.71. The third-order valence-electron chi connectivity index (χ3n) is 3.86. The van der Waals surface area contributed by atoms with Crippen LogP contribution in [0.4, 0.5) is 9.59 Å². The van der Waals surface area contributed by atoms with Gasteiger partial charge in [0, 0.05) is 32.4 Å². The third-order valence-corrected chi connectivity index (χ3v) is 3.86.